The Labute approximate surface area is 89.5 Å². The molecule has 0 N–H and O–H groups in total. The third-order valence-electron chi connectivity index (χ3n) is 3.17. The quantitative estimate of drug-likeness (QED) is 0.632. The van der Waals surface area contributed by atoms with Gasteiger partial charge in [0.2, 0.25) is 0 Å². The molecule has 0 aromatic rings. The average molecular weight is 195 g/mol. The van der Waals surface area contributed by atoms with Crippen molar-refractivity contribution in [3.8, 4) is 6.07 Å². The summed E-state index contributed by atoms with van der Waals surface area (Å²) in [4.78, 5) is 0. The number of hydrogen-bond donors (Lipinski definition) is 0. The first-order valence-corrected chi connectivity index (χ1v) is 5.76. The molecule has 0 spiro atoms. The van der Waals surface area contributed by atoms with E-state index in [9.17, 15) is 0 Å². The van der Waals surface area contributed by atoms with E-state index in [0.717, 1.165) is 6.42 Å². The van der Waals surface area contributed by atoms with Crippen LogP contribution in [-0.2, 0) is 0 Å². The van der Waals surface area contributed by atoms with E-state index in [1.165, 1.54) is 19.3 Å². The zero-order valence-corrected chi connectivity index (χ0v) is 10.5. The SMILES string of the molecule is CCC(CC)(CCC#N)CC(C)(C)C. The summed E-state index contributed by atoms with van der Waals surface area (Å²) in [6.45, 7) is 11.4. The molecule has 0 saturated carbocycles. The van der Waals surface area contributed by atoms with E-state index in [-0.39, 0.29) is 0 Å². The number of hydrogen-bond acceptors (Lipinski definition) is 1. The molecule has 0 saturated heterocycles. The molecule has 0 unspecified atom stereocenters. The Hall–Kier alpha value is -0.510. The fourth-order valence-electron chi connectivity index (χ4n) is 2.39. The molecule has 0 aliphatic carbocycles. The third-order valence-corrected chi connectivity index (χ3v) is 3.17. The second-order valence-corrected chi connectivity index (χ2v) is 5.60. The summed E-state index contributed by atoms with van der Waals surface area (Å²) in [6.07, 6.45) is 5.39. The first-order valence-electron chi connectivity index (χ1n) is 5.76. The lowest BCUT2D eigenvalue weighted by atomic mass is 9.68. The minimum Gasteiger partial charge on any atom is -0.198 e. The van der Waals surface area contributed by atoms with Crippen LogP contribution in [0.25, 0.3) is 0 Å². The molecule has 0 aromatic heterocycles. The molecule has 0 aliphatic rings. The second-order valence-electron chi connectivity index (χ2n) is 5.60. The number of nitrogens with zero attached hydrogens (tertiary/aromatic N) is 1. The van der Waals surface area contributed by atoms with Gasteiger partial charge in [-0.05, 0) is 23.7 Å². The third kappa shape index (κ3) is 4.65. The van der Waals surface area contributed by atoms with E-state index < -0.39 is 0 Å². The largest absolute Gasteiger partial charge is 0.198 e. The van der Waals surface area contributed by atoms with Crippen LogP contribution in [0.3, 0.4) is 0 Å². The van der Waals surface area contributed by atoms with Gasteiger partial charge in [0, 0.05) is 6.42 Å². The zero-order valence-electron chi connectivity index (χ0n) is 10.5. The molecule has 0 rings (SSSR count). The maximum Gasteiger partial charge on any atom is 0.0621 e. The Morgan fingerprint density at radius 1 is 1.07 bits per heavy atom. The second kappa shape index (κ2) is 5.39. The number of rotatable bonds is 5. The van der Waals surface area contributed by atoms with Crippen LogP contribution < -0.4 is 0 Å². The zero-order chi connectivity index (χ0) is 11.2. The molecule has 82 valence electrons. The predicted octanol–water partition coefficient (Wildman–Crippen LogP) is 4.53. The van der Waals surface area contributed by atoms with Crippen LogP contribution in [0, 0.1) is 22.2 Å². The molecule has 0 radical (unpaired) electrons. The Balaban J connectivity index is 4.46. The number of nitriles is 1. The van der Waals surface area contributed by atoms with Crippen molar-refractivity contribution in [2.45, 2.75) is 66.7 Å². The molecule has 0 aliphatic heterocycles. The molecule has 0 heterocycles. The van der Waals surface area contributed by atoms with Gasteiger partial charge in [-0.15, -0.1) is 0 Å². The summed E-state index contributed by atoms with van der Waals surface area (Å²) in [5, 5.41) is 8.67. The topological polar surface area (TPSA) is 23.8 Å². The van der Waals surface area contributed by atoms with Crippen LogP contribution in [0.15, 0.2) is 0 Å². The van der Waals surface area contributed by atoms with E-state index in [1.54, 1.807) is 0 Å². The van der Waals surface area contributed by atoms with Gasteiger partial charge in [-0.3, -0.25) is 0 Å². The summed E-state index contributed by atoms with van der Waals surface area (Å²) < 4.78 is 0. The molecule has 0 aromatic carbocycles. The van der Waals surface area contributed by atoms with E-state index in [2.05, 4.69) is 40.7 Å². The molecular formula is C13H25N. The lowest BCUT2D eigenvalue weighted by Crippen LogP contribution is -2.25. The van der Waals surface area contributed by atoms with Crippen LogP contribution in [0.1, 0.15) is 66.7 Å². The maximum absolute atomic E-state index is 8.67. The fraction of sp³-hybridized carbons (Fsp3) is 0.923. The Bertz CT molecular complexity index is 188. The van der Waals surface area contributed by atoms with Gasteiger partial charge in [-0.2, -0.15) is 5.26 Å². The molecule has 1 nitrogen and oxygen atoms in total. The van der Waals surface area contributed by atoms with Gasteiger partial charge in [0.1, 0.15) is 0 Å². The van der Waals surface area contributed by atoms with Crippen molar-refractivity contribution in [2.75, 3.05) is 0 Å². The van der Waals surface area contributed by atoms with Crippen molar-refractivity contribution in [3.63, 3.8) is 0 Å². The fourth-order valence-corrected chi connectivity index (χ4v) is 2.39. The van der Waals surface area contributed by atoms with Crippen LogP contribution >= 0.6 is 0 Å². The minimum atomic E-state index is 0.376. The molecule has 0 atom stereocenters. The monoisotopic (exact) mass is 195 g/mol. The predicted molar refractivity (Wildman–Crippen MR) is 61.9 cm³/mol. The molecule has 1 heteroatoms. The van der Waals surface area contributed by atoms with Gasteiger partial charge in [-0.25, -0.2) is 0 Å². The highest BCUT2D eigenvalue weighted by Gasteiger charge is 2.30. The Morgan fingerprint density at radius 2 is 1.57 bits per heavy atom. The molecule has 0 fully saturated rings. The summed E-state index contributed by atoms with van der Waals surface area (Å²) >= 11 is 0. The van der Waals surface area contributed by atoms with Crippen molar-refractivity contribution < 1.29 is 0 Å². The van der Waals surface area contributed by atoms with Crippen molar-refractivity contribution >= 4 is 0 Å². The van der Waals surface area contributed by atoms with Crippen LogP contribution in [0.2, 0.25) is 0 Å². The summed E-state index contributed by atoms with van der Waals surface area (Å²) in [5.74, 6) is 0. The van der Waals surface area contributed by atoms with E-state index in [4.69, 9.17) is 5.26 Å². The van der Waals surface area contributed by atoms with Gasteiger partial charge in [0.05, 0.1) is 6.07 Å². The van der Waals surface area contributed by atoms with Crippen molar-refractivity contribution in [1.29, 1.82) is 5.26 Å². The highest BCUT2D eigenvalue weighted by Crippen LogP contribution is 2.42. The Kier molecular flexibility index (Phi) is 5.19. The first-order chi connectivity index (χ1) is 6.39. The van der Waals surface area contributed by atoms with Gasteiger partial charge in [0.15, 0.2) is 0 Å². The highest BCUT2D eigenvalue weighted by atomic mass is 14.4. The van der Waals surface area contributed by atoms with Crippen LogP contribution in [-0.4, -0.2) is 0 Å². The van der Waals surface area contributed by atoms with E-state index >= 15 is 0 Å². The lowest BCUT2D eigenvalue weighted by molar-refractivity contribution is 0.144. The normalized spacial score (nSPS) is 12.6. The molecular weight excluding hydrogens is 170 g/mol. The van der Waals surface area contributed by atoms with Crippen molar-refractivity contribution in [1.82, 2.24) is 0 Å². The molecule has 0 amide bonds. The smallest absolute Gasteiger partial charge is 0.0621 e. The summed E-state index contributed by atoms with van der Waals surface area (Å²) in [6, 6.07) is 2.28. The maximum atomic E-state index is 8.67. The van der Waals surface area contributed by atoms with Gasteiger partial charge >= 0.3 is 0 Å². The van der Waals surface area contributed by atoms with Gasteiger partial charge in [0.25, 0.3) is 0 Å². The summed E-state index contributed by atoms with van der Waals surface area (Å²) in [5.41, 5.74) is 0.773. The van der Waals surface area contributed by atoms with E-state index in [0.29, 0.717) is 17.3 Å². The standard InChI is InChI=1S/C13H25N/c1-6-13(7-2,9-8-10-14)11-12(3,4)5/h6-9,11H2,1-5H3. The highest BCUT2D eigenvalue weighted by molar-refractivity contribution is 4.85. The average Bonchev–Trinajstić information content (AvgIpc) is 2.10. The van der Waals surface area contributed by atoms with E-state index in [1.807, 2.05) is 0 Å². The lowest BCUT2D eigenvalue weighted by Gasteiger charge is -2.37. The Morgan fingerprint density at radius 3 is 1.86 bits per heavy atom. The van der Waals surface area contributed by atoms with Gasteiger partial charge in [-0.1, -0.05) is 47.5 Å². The van der Waals surface area contributed by atoms with Crippen molar-refractivity contribution in [2.24, 2.45) is 10.8 Å². The minimum absolute atomic E-state index is 0.376. The van der Waals surface area contributed by atoms with Crippen molar-refractivity contribution in [3.05, 3.63) is 0 Å². The van der Waals surface area contributed by atoms with Gasteiger partial charge < -0.3 is 0 Å². The molecule has 0 bridgehead atoms. The summed E-state index contributed by atoms with van der Waals surface area (Å²) in [7, 11) is 0. The van der Waals surface area contributed by atoms with Crippen LogP contribution in [0.5, 0.6) is 0 Å². The first kappa shape index (κ1) is 13.5. The van der Waals surface area contributed by atoms with Crippen LogP contribution in [0.4, 0.5) is 0 Å². The molecule has 14 heavy (non-hydrogen) atoms.